The van der Waals surface area contributed by atoms with Crippen LogP contribution in [0.2, 0.25) is 5.04 Å². The van der Waals surface area contributed by atoms with E-state index >= 15 is 0 Å². The third-order valence-electron chi connectivity index (χ3n) is 8.36. The van der Waals surface area contributed by atoms with Crippen molar-refractivity contribution in [2.24, 2.45) is 0 Å². The summed E-state index contributed by atoms with van der Waals surface area (Å²) in [6.45, 7) is 15.3. The SMILES string of the molecule is CC(C)(C)OC(=O)n1c(C(O)[C@H]2OC(C)(C)O[C@@H]2[C@H](O)CO[Si](c2ccccc2)(c2ccccc2)C(C)(C)C)cc2ccccc21. The highest BCUT2D eigenvalue weighted by Crippen LogP contribution is 2.40. The second-order valence-electron chi connectivity index (χ2n) is 14.5. The Morgan fingerprint density at radius 1 is 0.848 bits per heavy atom. The first-order valence-electron chi connectivity index (χ1n) is 15.8. The van der Waals surface area contributed by atoms with Gasteiger partial charge in [0.1, 0.15) is 30.0 Å². The molecule has 1 aromatic heterocycles. The van der Waals surface area contributed by atoms with Crippen LogP contribution in [0.4, 0.5) is 4.79 Å². The number of aromatic nitrogens is 1. The molecule has 1 fully saturated rings. The molecule has 1 aliphatic heterocycles. The van der Waals surface area contributed by atoms with Crippen LogP contribution in [0.3, 0.4) is 0 Å². The van der Waals surface area contributed by atoms with E-state index in [0.717, 1.165) is 15.8 Å². The van der Waals surface area contributed by atoms with E-state index in [0.29, 0.717) is 5.52 Å². The number of ether oxygens (including phenoxy) is 3. The van der Waals surface area contributed by atoms with Gasteiger partial charge in [-0.25, -0.2) is 9.36 Å². The van der Waals surface area contributed by atoms with Crippen molar-refractivity contribution in [1.82, 2.24) is 4.57 Å². The summed E-state index contributed by atoms with van der Waals surface area (Å²) in [4.78, 5) is 13.5. The number of aliphatic hydroxyl groups is 2. The highest BCUT2D eigenvalue weighted by atomic mass is 28.4. The second kappa shape index (κ2) is 12.7. The summed E-state index contributed by atoms with van der Waals surface area (Å²) >= 11 is 0. The fourth-order valence-corrected chi connectivity index (χ4v) is 11.1. The predicted molar refractivity (Wildman–Crippen MR) is 182 cm³/mol. The van der Waals surface area contributed by atoms with Crippen molar-refractivity contribution in [2.45, 2.75) is 96.2 Å². The maximum Gasteiger partial charge on any atom is 0.419 e. The molecule has 46 heavy (non-hydrogen) atoms. The van der Waals surface area contributed by atoms with E-state index in [1.165, 1.54) is 4.57 Å². The summed E-state index contributed by atoms with van der Waals surface area (Å²) < 4.78 is 26.6. The molecule has 3 aromatic carbocycles. The number of nitrogens with zero attached hydrogens (tertiary/aromatic N) is 1. The van der Waals surface area contributed by atoms with Gasteiger partial charge in [-0.05, 0) is 62.2 Å². The van der Waals surface area contributed by atoms with Crippen LogP contribution in [-0.2, 0) is 18.6 Å². The first-order valence-corrected chi connectivity index (χ1v) is 17.8. The zero-order valence-corrected chi connectivity index (χ0v) is 29.1. The topological polar surface area (TPSA) is 99.4 Å². The smallest absolute Gasteiger partial charge is 0.419 e. The monoisotopic (exact) mass is 645 g/mol. The van der Waals surface area contributed by atoms with Crippen LogP contribution in [0.15, 0.2) is 91.0 Å². The van der Waals surface area contributed by atoms with Gasteiger partial charge in [-0.3, -0.25) is 0 Å². The molecule has 4 atom stereocenters. The molecule has 0 aliphatic carbocycles. The van der Waals surface area contributed by atoms with Gasteiger partial charge in [-0.1, -0.05) is 99.6 Å². The van der Waals surface area contributed by atoms with Crippen LogP contribution < -0.4 is 10.4 Å². The zero-order valence-electron chi connectivity index (χ0n) is 28.1. The van der Waals surface area contributed by atoms with Crippen LogP contribution >= 0.6 is 0 Å². The van der Waals surface area contributed by atoms with E-state index in [9.17, 15) is 15.0 Å². The molecule has 2 heterocycles. The van der Waals surface area contributed by atoms with Crippen molar-refractivity contribution in [3.8, 4) is 0 Å². The van der Waals surface area contributed by atoms with Crippen LogP contribution in [0.5, 0.6) is 0 Å². The van der Waals surface area contributed by atoms with Crippen molar-refractivity contribution in [3.63, 3.8) is 0 Å². The molecular formula is C37H47NO7Si. The summed E-state index contributed by atoms with van der Waals surface area (Å²) in [5, 5.41) is 26.4. The maximum absolute atomic E-state index is 13.5. The number of aliphatic hydroxyl groups excluding tert-OH is 2. The van der Waals surface area contributed by atoms with Crippen molar-refractivity contribution >= 4 is 35.7 Å². The Hall–Kier alpha value is -3.31. The number of fused-ring (bicyclic) bond motifs is 1. The number of hydrogen-bond acceptors (Lipinski definition) is 7. The van der Waals surface area contributed by atoms with Gasteiger partial charge < -0.3 is 28.8 Å². The molecule has 0 saturated carbocycles. The summed E-state index contributed by atoms with van der Waals surface area (Å²) in [5.41, 5.74) is 0.124. The van der Waals surface area contributed by atoms with E-state index in [4.69, 9.17) is 18.6 Å². The van der Waals surface area contributed by atoms with Gasteiger partial charge in [0.15, 0.2) is 5.79 Å². The Morgan fingerprint density at radius 3 is 1.91 bits per heavy atom. The minimum atomic E-state index is -2.97. The van der Waals surface area contributed by atoms with E-state index in [1.54, 1.807) is 46.8 Å². The zero-order chi connectivity index (χ0) is 33.5. The van der Waals surface area contributed by atoms with Crippen LogP contribution in [0.25, 0.3) is 10.9 Å². The van der Waals surface area contributed by atoms with Gasteiger partial charge in [0, 0.05) is 5.39 Å². The molecule has 1 unspecified atom stereocenters. The Kier molecular flexibility index (Phi) is 9.40. The van der Waals surface area contributed by atoms with Gasteiger partial charge in [0.25, 0.3) is 8.32 Å². The average Bonchev–Trinajstić information content (AvgIpc) is 3.54. The second-order valence-corrected chi connectivity index (χ2v) is 18.8. The van der Waals surface area contributed by atoms with E-state index < -0.39 is 50.2 Å². The molecule has 4 aromatic rings. The van der Waals surface area contributed by atoms with E-state index in [1.807, 2.05) is 54.6 Å². The quantitative estimate of drug-likeness (QED) is 0.230. The lowest BCUT2D eigenvalue weighted by Gasteiger charge is -2.43. The third-order valence-corrected chi connectivity index (χ3v) is 13.4. The first-order chi connectivity index (χ1) is 21.5. The van der Waals surface area contributed by atoms with E-state index in [-0.39, 0.29) is 17.3 Å². The average molecular weight is 646 g/mol. The maximum atomic E-state index is 13.5. The molecular weight excluding hydrogens is 598 g/mol. The van der Waals surface area contributed by atoms with Gasteiger partial charge in [0.2, 0.25) is 0 Å². The first kappa shape index (κ1) is 34.0. The molecule has 5 rings (SSSR count). The highest BCUT2D eigenvalue weighted by Gasteiger charge is 2.53. The fraction of sp³-hybridized carbons (Fsp3) is 0.432. The molecule has 1 saturated heterocycles. The molecule has 0 bridgehead atoms. The van der Waals surface area contributed by atoms with Crippen molar-refractivity contribution in [1.29, 1.82) is 0 Å². The number of carbonyl (C=O) groups is 1. The number of rotatable bonds is 8. The molecule has 2 N–H and O–H groups in total. The standard InChI is InChI=1S/C37H47NO7Si/c1-35(2,3)45-34(41)38-28-22-16-15-17-25(28)23-29(38)31(40)33-32(43-37(7,8)44-33)30(39)24-42-46(36(4,5)6,26-18-11-9-12-19-26)27-20-13-10-14-21-27/h9-23,30-33,39-40H,24H2,1-8H3/t30-,31?,32-,33-/m1/s1. The summed E-state index contributed by atoms with van der Waals surface area (Å²) in [6, 6.07) is 29.5. The largest absolute Gasteiger partial charge is 0.443 e. The van der Waals surface area contributed by atoms with E-state index in [2.05, 4.69) is 45.0 Å². The fourth-order valence-electron chi connectivity index (χ4n) is 6.50. The molecule has 0 spiro atoms. The molecule has 9 heteroatoms. The minimum Gasteiger partial charge on any atom is -0.443 e. The molecule has 0 amide bonds. The molecule has 1 aliphatic rings. The summed E-state index contributed by atoms with van der Waals surface area (Å²) in [6.07, 6.45) is -5.10. The molecule has 8 nitrogen and oxygen atoms in total. The van der Waals surface area contributed by atoms with Crippen molar-refractivity contribution in [2.75, 3.05) is 6.61 Å². The molecule has 246 valence electrons. The Morgan fingerprint density at radius 2 is 1.37 bits per heavy atom. The summed E-state index contributed by atoms with van der Waals surface area (Å²) in [5.74, 6) is -1.11. The van der Waals surface area contributed by atoms with Gasteiger partial charge >= 0.3 is 6.09 Å². The van der Waals surface area contributed by atoms with Crippen molar-refractivity contribution in [3.05, 3.63) is 96.7 Å². The number of para-hydroxylation sites is 1. The third kappa shape index (κ3) is 6.72. The van der Waals surface area contributed by atoms with Crippen molar-refractivity contribution < 1.29 is 33.6 Å². The minimum absolute atomic E-state index is 0.0599. The normalized spacial score (nSPS) is 20.0. The highest BCUT2D eigenvalue weighted by molar-refractivity contribution is 6.99. The lowest BCUT2D eigenvalue weighted by atomic mass is 10.0. The lowest BCUT2D eigenvalue weighted by molar-refractivity contribution is -0.162. The van der Waals surface area contributed by atoms with Crippen LogP contribution in [0, 0.1) is 0 Å². The number of carbonyl (C=O) groups excluding carboxylic acids is 1. The Labute approximate surface area is 273 Å². The number of hydrogen-bond donors (Lipinski definition) is 2. The predicted octanol–water partition coefficient (Wildman–Crippen LogP) is 5.92. The van der Waals surface area contributed by atoms with Gasteiger partial charge in [-0.15, -0.1) is 0 Å². The van der Waals surface area contributed by atoms with Gasteiger partial charge in [-0.2, -0.15) is 0 Å². The van der Waals surface area contributed by atoms with Gasteiger partial charge in [0.05, 0.1) is 17.8 Å². The summed E-state index contributed by atoms with van der Waals surface area (Å²) in [7, 11) is -2.97. The lowest BCUT2D eigenvalue weighted by Crippen LogP contribution is -2.67. The Balaban J connectivity index is 1.50. The van der Waals surface area contributed by atoms with Crippen LogP contribution in [0.1, 0.15) is 67.2 Å². The number of benzene rings is 3. The Bertz CT molecular complexity index is 1600. The molecule has 0 radical (unpaired) electrons. The van der Waals surface area contributed by atoms with Crippen LogP contribution in [-0.4, -0.2) is 65.5 Å².